The van der Waals surface area contributed by atoms with Gasteiger partial charge in [0.05, 0.1) is 0 Å². The van der Waals surface area contributed by atoms with E-state index in [1.807, 2.05) is 0 Å². The maximum absolute atomic E-state index is 9.06. The smallest absolute Gasteiger partial charge is 0.0472 e. The van der Waals surface area contributed by atoms with Crippen LogP contribution in [-0.4, -0.2) is 18.3 Å². The Balaban J connectivity index is 2.77. The molecule has 0 aliphatic rings. The fourth-order valence-corrected chi connectivity index (χ4v) is 1.65. The fourth-order valence-electron chi connectivity index (χ4n) is 1.65. The molecule has 0 aliphatic carbocycles. The van der Waals surface area contributed by atoms with Crippen LogP contribution >= 0.6 is 0 Å². The van der Waals surface area contributed by atoms with Gasteiger partial charge < -0.3 is 10.4 Å². The molecule has 0 fully saturated rings. The molecule has 2 nitrogen and oxygen atoms in total. The van der Waals surface area contributed by atoms with Gasteiger partial charge in [0, 0.05) is 18.8 Å². The minimum Gasteiger partial charge on any atom is -0.396 e. The first-order valence-corrected chi connectivity index (χ1v) is 6.43. The Morgan fingerprint density at radius 3 is 2.59 bits per heavy atom. The highest BCUT2D eigenvalue weighted by Crippen LogP contribution is 2.23. The van der Waals surface area contributed by atoms with Gasteiger partial charge in [0.2, 0.25) is 0 Å². The second-order valence-corrected chi connectivity index (χ2v) is 5.51. The molecule has 2 N–H and O–H groups in total. The maximum atomic E-state index is 9.06. The zero-order valence-corrected chi connectivity index (χ0v) is 11.5. The molecule has 0 aliphatic heterocycles. The molecular formula is C15H25NO. The predicted molar refractivity (Wildman–Crippen MR) is 74.5 cm³/mol. The quantitative estimate of drug-likeness (QED) is 0.792. The van der Waals surface area contributed by atoms with Crippen molar-refractivity contribution in [3.05, 3.63) is 29.3 Å². The molecule has 1 aromatic rings. The van der Waals surface area contributed by atoms with Crippen molar-refractivity contribution in [2.24, 2.45) is 5.41 Å². The second kappa shape index (κ2) is 6.06. The topological polar surface area (TPSA) is 32.3 Å². The maximum Gasteiger partial charge on any atom is 0.0472 e. The van der Waals surface area contributed by atoms with Gasteiger partial charge in [-0.05, 0) is 42.4 Å². The normalized spacial score (nSPS) is 11.6. The number of aryl methyl sites for hydroxylation is 1. The van der Waals surface area contributed by atoms with Crippen LogP contribution in [0.5, 0.6) is 0 Å². The van der Waals surface area contributed by atoms with Gasteiger partial charge in [-0.2, -0.15) is 0 Å². The Hall–Kier alpha value is -1.02. The van der Waals surface area contributed by atoms with E-state index in [4.69, 9.17) is 5.11 Å². The van der Waals surface area contributed by atoms with Gasteiger partial charge in [-0.25, -0.2) is 0 Å². The Bertz CT molecular complexity index is 358. The van der Waals surface area contributed by atoms with Crippen LogP contribution in [0.2, 0.25) is 0 Å². The molecule has 1 rings (SSSR count). The van der Waals surface area contributed by atoms with E-state index in [-0.39, 0.29) is 6.61 Å². The molecule has 96 valence electrons. The third-order valence-electron chi connectivity index (χ3n) is 3.36. The standard InChI is InChI=1S/C15H25NO/c1-5-15(3,4)11-16-14-10-12(2)6-7-13(14)8-9-17/h6-7,10,16-17H,5,8-9,11H2,1-4H3. The summed E-state index contributed by atoms with van der Waals surface area (Å²) >= 11 is 0. The first-order valence-electron chi connectivity index (χ1n) is 6.43. The van der Waals surface area contributed by atoms with Crippen molar-refractivity contribution in [2.45, 2.75) is 40.5 Å². The van der Waals surface area contributed by atoms with Crippen LogP contribution in [-0.2, 0) is 6.42 Å². The Morgan fingerprint density at radius 2 is 2.00 bits per heavy atom. The van der Waals surface area contributed by atoms with E-state index in [0.717, 1.165) is 19.4 Å². The van der Waals surface area contributed by atoms with Gasteiger partial charge in [-0.3, -0.25) is 0 Å². The summed E-state index contributed by atoms with van der Waals surface area (Å²) in [6.45, 7) is 10.0. The highest BCUT2D eigenvalue weighted by atomic mass is 16.2. The molecule has 0 atom stereocenters. The molecule has 0 bridgehead atoms. The highest BCUT2D eigenvalue weighted by Gasteiger charge is 2.15. The number of hydrogen-bond donors (Lipinski definition) is 2. The van der Waals surface area contributed by atoms with Crippen LogP contribution in [0.25, 0.3) is 0 Å². The van der Waals surface area contributed by atoms with Gasteiger partial charge >= 0.3 is 0 Å². The van der Waals surface area contributed by atoms with Crippen molar-refractivity contribution in [3.63, 3.8) is 0 Å². The van der Waals surface area contributed by atoms with E-state index in [0.29, 0.717) is 5.41 Å². The third kappa shape index (κ3) is 4.39. The molecule has 0 saturated heterocycles. The Kier molecular flexibility index (Phi) is 5.01. The zero-order chi connectivity index (χ0) is 12.9. The van der Waals surface area contributed by atoms with E-state index >= 15 is 0 Å². The summed E-state index contributed by atoms with van der Waals surface area (Å²) in [5.74, 6) is 0. The number of benzene rings is 1. The summed E-state index contributed by atoms with van der Waals surface area (Å²) < 4.78 is 0. The molecule has 0 spiro atoms. The van der Waals surface area contributed by atoms with Crippen LogP contribution in [0.1, 0.15) is 38.3 Å². The fraction of sp³-hybridized carbons (Fsp3) is 0.600. The Labute approximate surface area is 105 Å². The molecular weight excluding hydrogens is 210 g/mol. The lowest BCUT2D eigenvalue weighted by Crippen LogP contribution is -2.22. The molecule has 0 radical (unpaired) electrons. The van der Waals surface area contributed by atoms with Crippen molar-refractivity contribution in [3.8, 4) is 0 Å². The van der Waals surface area contributed by atoms with Gasteiger partial charge in [0.25, 0.3) is 0 Å². The summed E-state index contributed by atoms with van der Waals surface area (Å²) in [5.41, 5.74) is 3.93. The third-order valence-corrected chi connectivity index (χ3v) is 3.36. The summed E-state index contributed by atoms with van der Waals surface area (Å²) in [6.07, 6.45) is 1.87. The van der Waals surface area contributed by atoms with Crippen LogP contribution in [0, 0.1) is 12.3 Å². The van der Waals surface area contributed by atoms with Crippen molar-refractivity contribution in [1.82, 2.24) is 0 Å². The highest BCUT2D eigenvalue weighted by molar-refractivity contribution is 5.53. The van der Waals surface area contributed by atoms with Crippen molar-refractivity contribution in [2.75, 3.05) is 18.5 Å². The monoisotopic (exact) mass is 235 g/mol. The second-order valence-electron chi connectivity index (χ2n) is 5.51. The lowest BCUT2D eigenvalue weighted by atomic mass is 9.90. The molecule has 0 heterocycles. The predicted octanol–water partition coefficient (Wildman–Crippen LogP) is 3.38. The van der Waals surface area contributed by atoms with Gasteiger partial charge in [0.15, 0.2) is 0 Å². The largest absolute Gasteiger partial charge is 0.396 e. The number of rotatable bonds is 6. The van der Waals surface area contributed by atoms with E-state index in [1.54, 1.807) is 0 Å². The van der Waals surface area contributed by atoms with E-state index in [2.05, 4.69) is 51.2 Å². The lowest BCUT2D eigenvalue weighted by Gasteiger charge is -2.24. The average molecular weight is 235 g/mol. The van der Waals surface area contributed by atoms with Crippen molar-refractivity contribution in [1.29, 1.82) is 0 Å². The molecule has 1 aromatic carbocycles. The average Bonchev–Trinajstić information content (AvgIpc) is 2.30. The summed E-state index contributed by atoms with van der Waals surface area (Å²) in [4.78, 5) is 0. The van der Waals surface area contributed by atoms with Crippen molar-refractivity contribution >= 4 is 5.69 Å². The molecule has 0 amide bonds. The minimum absolute atomic E-state index is 0.203. The van der Waals surface area contributed by atoms with Crippen LogP contribution in [0.4, 0.5) is 5.69 Å². The number of aliphatic hydroxyl groups excluding tert-OH is 1. The first kappa shape index (κ1) is 14.0. The number of nitrogens with one attached hydrogen (secondary N) is 1. The Morgan fingerprint density at radius 1 is 1.29 bits per heavy atom. The first-order chi connectivity index (χ1) is 7.98. The molecule has 2 heteroatoms. The summed E-state index contributed by atoms with van der Waals surface area (Å²) in [6, 6.07) is 6.37. The minimum atomic E-state index is 0.203. The summed E-state index contributed by atoms with van der Waals surface area (Å²) in [7, 11) is 0. The summed E-state index contributed by atoms with van der Waals surface area (Å²) in [5, 5.41) is 12.6. The van der Waals surface area contributed by atoms with E-state index in [9.17, 15) is 0 Å². The van der Waals surface area contributed by atoms with Gasteiger partial charge in [0.1, 0.15) is 0 Å². The zero-order valence-electron chi connectivity index (χ0n) is 11.5. The van der Waals surface area contributed by atoms with E-state index < -0.39 is 0 Å². The van der Waals surface area contributed by atoms with Crippen LogP contribution in [0.15, 0.2) is 18.2 Å². The van der Waals surface area contributed by atoms with E-state index in [1.165, 1.54) is 16.8 Å². The molecule has 0 aromatic heterocycles. The number of aliphatic hydroxyl groups is 1. The molecule has 0 unspecified atom stereocenters. The molecule has 17 heavy (non-hydrogen) atoms. The number of hydrogen-bond acceptors (Lipinski definition) is 2. The van der Waals surface area contributed by atoms with Gasteiger partial charge in [-0.15, -0.1) is 0 Å². The lowest BCUT2D eigenvalue weighted by molar-refractivity contribution is 0.299. The molecule has 0 saturated carbocycles. The van der Waals surface area contributed by atoms with Crippen LogP contribution < -0.4 is 5.32 Å². The van der Waals surface area contributed by atoms with Crippen LogP contribution in [0.3, 0.4) is 0 Å². The number of anilines is 1. The SMILES string of the molecule is CCC(C)(C)CNc1cc(C)ccc1CCO. The van der Waals surface area contributed by atoms with Crippen molar-refractivity contribution < 1.29 is 5.11 Å². The van der Waals surface area contributed by atoms with Gasteiger partial charge in [-0.1, -0.05) is 32.9 Å².